The second-order valence-corrected chi connectivity index (χ2v) is 10.9. The molecule has 4 aliphatic rings. The van der Waals surface area contributed by atoms with Gasteiger partial charge in [0.2, 0.25) is 11.8 Å². The fraction of sp³-hybridized carbons (Fsp3) is 0.680. The number of carbonyl (C=O) groups is 2. The van der Waals surface area contributed by atoms with Crippen LogP contribution in [-0.2, 0) is 9.59 Å². The number of likely N-dealkylation sites (tertiary alicyclic amines) is 1. The van der Waals surface area contributed by atoms with Crippen molar-refractivity contribution < 1.29 is 19.1 Å². The summed E-state index contributed by atoms with van der Waals surface area (Å²) in [6, 6.07) is 5.32. The predicted molar refractivity (Wildman–Crippen MR) is 123 cm³/mol. The molecule has 0 radical (unpaired) electrons. The number of aliphatic hydroxyl groups is 1. The number of nitrogens with one attached hydrogen (secondary N) is 1. The zero-order valence-corrected chi connectivity index (χ0v) is 19.2. The highest BCUT2D eigenvalue weighted by Crippen LogP contribution is 2.48. The van der Waals surface area contributed by atoms with Crippen LogP contribution in [0.3, 0.4) is 0 Å². The van der Waals surface area contributed by atoms with Crippen molar-refractivity contribution in [2.75, 3.05) is 37.6 Å². The van der Waals surface area contributed by atoms with E-state index in [9.17, 15) is 19.1 Å². The van der Waals surface area contributed by atoms with Gasteiger partial charge in [-0.2, -0.15) is 0 Å². The fourth-order valence-electron chi connectivity index (χ4n) is 6.39. The van der Waals surface area contributed by atoms with E-state index in [1.807, 2.05) is 4.90 Å². The molecular formula is C25H35FN4O3. The van der Waals surface area contributed by atoms with Gasteiger partial charge in [-0.1, -0.05) is 6.07 Å². The third kappa shape index (κ3) is 4.66. The van der Waals surface area contributed by atoms with Crippen LogP contribution in [0.4, 0.5) is 10.1 Å². The third-order valence-corrected chi connectivity index (χ3v) is 8.47. The van der Waals surface area contributed by atoms with Crippen LogP contribution < -0.4 is 16.0 Å². The second kappa shape index (κ2) is 8.64. The van der Waals surface area contributed by atoms with Crippen molar-refractivity contribution in [1.82, 2.24) is 10.2 Å². The molecule has 5 rings (SSSR count). The van der Waals surface area contributed by atoms with Crippen LogP contribution in [-0.4, -0.2) is 66.2 Å². The smallest absolute Gasteiger partial charge is 0.234 e. The van der Waals surface area contributed by atoms with Gasteiger partial charge >= 0.3 is 0 Å². The summed E-state index contributed by atoms with van der Waals surface area (Å²) < 4.78 is 15.0. The highest BCUT2D eigenvalue weighted by molar-refractivity contribution is 6.00. The zero-order chi connectivity index (χ0) is 23.2. The van der Waals surface area contributed by atoms with E-state index in [0.717, 1.165) is 25.9 Å². The molecule has 2 amide bonds. The van der Waals surface area contributed by atoms with Gasteiger partial charge < -0.3 is 20.6 Å². The van der Waals surface area contributed by atoms with E-state index in [1.165, 1.54) is 18.9 Å². The number of anilines is 1. The van der Waals surface area contributed by atoms with Crippen LogP contribution in [0.25, 0.3) is 0 Å². The zero-order valence-electron chi connectivity index (χ0n) is 19.2. The number of benzene rings is 1. The molecule has 8 heteroatoms. The number of piperidine rings is 3. The summed E-state index contributed by atoms with van der Waals surface area (Å²) in [6.45, 7) is 3.92. The molecule has 0 aromatic heterocycles. The monoisotopic (exact) mass is 458 g/mol. The van der Waals surface area contributed by atoms with Gasteiger partial charge in [-0.3, -0.25) is 14.9 Å². The molecule has 33 heavy (non-hydrogen) atoms. The van der Waals surface area contributed by atoms with Gasteiger partial charge in [-0.15, -0.1) is 0 Å². The number of amides is 2. The van der Waals surface area contributed by atoms with Crippen LogP contribution in [0.2, 0.25) is 0 Å². The number of hydrogen-bond acceptors (Lipinski definition) is 6. The number of carbonyl (C=O) groups excluding carboxylic acids is 2. The molecule has 1 unspecified atom stereocenters. The highest BCUT2D eigenvalue weighted by atomic mass is 19.1. The van der Waals surface area contributed by atoms with Crippen molar-refractivity contribution in [2.45, 2.75) is 68.9 Å². The minimum atomic E-state index is -0.736. The molecular weight excluding hydrogens is 423 g/mol. The number of rotatable bonds is 4. The molecule has 1 spiro atoms. The second-order valence-electron chi connectivity index (χ2n) is 10.9. The maximum atomic E-state index is 15.0. The van der Waals surface area contributed by atoms with Crippen LogP contribution in [0.5, 0.6) is 0 Å². The standard InChI is InChI=1S/C25H35FN4O3/c26-20-13-17(19-2-4-22(31)28-23(19)32)1-3-21(20)30-11-7-25(33,8-12-30)16-29-9-5-24(6-10-29)14-18(27)15-24/h1,3,13,18-19,33H,2,4-12,14-16,27H2,(H,28,31,32). The number of imide groups is 1. The topological polar surface area (TPSA) is 98.9 Å². The minimum Gasteiger partial charge on any atom is -0.388 e. The normalized spacial score (nSPS) is 28.0. The molecule has 3 saturated heterocycles. The van der Waals surface area contributed by atoms with Crippen molar-refractivity contribution in [3.05, 3.63) is 29.6 Å². The molecule has 4 fully saturated rings. The Bertz CT molecular complexity index is 914. The molecule has 1 atom stereocenters. The largest absolute Gasteiger partial charge is 0.388 e. The molecule has 3 heterocycles. The Morgan fingerprint density at radius 2 is 1.79 bits per heavy atom. The van der Waals surface area contributed by atoms with Gasteiger partial charge in [0, 0.05) is 32.1 Å². The van der Waals surface area contributed by atoms with Crippen LogP contribution in [0.15, 0.2) is 18.2 Å². The highest BCUT2D eigenvalue weighted by Gasteiger charge is 2.45. The fourth-order valence-corrected chi connectivity index (χ4v) is 6.39. The molecule has 1 saturated carbocycles. The number of hydrogen-bond donors (Lipinski definition) is 3. The average molecular weight is 459 g/mol. The van der Waals surface area contributed by atoms with Crippen LogP contribution in [0.1, 0.15) is 62.8 Å². The lowest BCUT2D eigenvalue weighted by Gasteiger charge is -2.52. The van der Waals surface area contributed by atoms with Crippen molar-refractivity contribution in [2.24, 2.45) is 11.1 Å². The molecule has 1 aromatic rings. The summed E-state index contributed by atoms with van der Waals surface area (Å²) >= 11 is 0. The third-order valence-electron chi connectivity index (χ3n) is 8.47. The number of β-amino-alcohol motifs (C(OH)–C–C–N with tert-alkyl or cyclic N) is 1. The van der Waals surface area contributed by atoms with E-state index in [1.54, 1.807) is 12.1 Å². The van der Waals surface area contributed by atoms with Crippen molar-refractivity contribution in [3.8, 4) is 0 Å². The Morgan fingerprint density at radius 1 is 1.09 bits per heavy atom. The Labute approximate surface area is 194 Å². The lowest BCUT2D eigenvalue weighted by atomic mass is 9.60. The van der Waals surface area contributed by atoms with Crippen molar-refractivity contribution >= 4 is 17.5 Å². The molecule has 180 valence electrons. The molecule has 3 aliphatic heterocycles. The number of halogens is 1. The van der Waals surface area contributed by atoms with Gasteiger partial charge in [0.05, 0.1) is 17.2 Å². The predicted octanol–water partition coefficient (Wildman–Crippen LogP) is 1.88. The lowest BCUT2D eigenvalue weighted by molar-refractivity contribution is -0.134. The maximum absolute atomic E-state index is 15.0. The first kappa shape index (κ1) is 22.7. The van der Waals surface area contributed by atoms with Gasteiger partial charge in [-0.25, -0.2) is 4.39 Å². The summed E-state index contributed by atoms with van der Waals surface area (Å²) in [4.78, 5) is 27.9. The van der Waals surface area contributed by atoms with E-state index < -0.39 is 11.5 Å². The van der Waals surface area contributed by atoms with E-state index in [0.29, 0.717) is 61.6 Å². The first-order valence-electron chi connectivity index (χ1n) is 12.3. The van der Waals surface area contributed by atoms with E-state index in [4.69, 9.17) is 5.73 Å². The maximum Gasteiger partial charge on any atom is 0.234 e. The minimum absolute atomic E-state index is 0.273. The summed E-state index contributed by atoms with van der Waals surface area (Å²) in [5.74, 6) is -1.48. The molecule has 1 aliphatic carbocycles. The average Bonchev–Trinajstić information content (AvgIpc) is 2.75. The molecule has 7 nitrogen and oxygen atoms in total. The summed E-state index contributed by atoms with van der Waals surface area (Å²) in [7, 11) is 0. The summed E-state index contributed by atoms with van der Waals surface area (Å²) in [5.41, 5.74) is 6.84. The summed E-state index contributed by atoms with van der Waals surface area (Å²) in [5, 5.41) is 13.5. The lowest BCUT2D eigenvalue weighted by Crippen LogP contribution is -2.56. The van der Waals surface area contributed by atoms with E-state index in [-0.39, 0.29) is 24.1 Å². The Hall–Kier alpha value is -2.03. The van der Waals surface area contributed by atoms with Gasteiger partial charge in [-0.05, 0) is 81.1 Å². The van der Waals surface area contributed by atoms with Crippen LogP contribution in [0, 0.1) is 11.2 Å². The van der Waals surface area contributed by atoms with Gasteiger partial charge in [0.1, 0.15) is 5.82 Å². The Morgan fingerprint density at radius 3 is 2.39 bits per heavy atom. The first-order chi connectivity index (χ1) is 15.7. The van der Waals surface area contributed by atoms with Crippen molar-refractivity contribution in [3.63, 3.8) is 0 Å². The Balaban J connectivity index is 1.15. The summed E-state index contributed by atoms with van der Waals surface area (Å²) in [6.07, 6.45) is 6.53. The van der Waals surface area contributed by atoms with Crippen LogP contribution >= 0.6 is 0 Å². The molecule has 4 N–H and O–H groups in total. The molecule has 0 bridgehead atoms. The number of nitrogens with zero attached hydrogens (tertiary/aromatic N) is 2. The SMILES string of the molecule is NC1CC2(CCN(CC3(O)CCN(c4ccc(C5CCC(=O)NC5=O)cc4F)CC3)CC2)C1. The van der Waals surface area contributed by atoms with Crippen molar-refractivity contribution in [1.29, 1.82) is 0 Å². The van der Waals surface area contributed by atoms with Gasteiger partial charge in [0.25, 0.3) is 0 Å². The number of nitrogens with two attached hydrogens (primary N) is 1. The Kier molecular flexibility index (Phi) is 5.95. The first-order valence-corrected chi connectivity index (χ1v) is 12.3. The van der Waals surface area contributed by atoms with Gasteiger partial charge in [0.15, 0.2) is 0 Å². The van der Waals surface area contributed by atoms with E-state index in [2.05, 4.69) is 10.2 Å². The quantitative estimate of drug-likeness (QED) is 0.596. The molecule has 1 aromatic carbocycles. The van der Waals surface area contributed by atoms with E-state index >= 15 is 0 Å².